The summed E-state index contributed by atoms with van der Waals surface area (Å²) >= 11 is 1.53. The lowest BCUT2D eigenvalue weighted by Crippen LogP contribution is -2.43. The summed E-state index contributed by atoms with van der Waals surface area (Å²) in [5.41, 5.74) is 1.50. The molecule has 1 aromatic carbocycles. The molecule has 1 fully saturated rings. The van der Waals surface area contributed by atoms with Gasteiger partial charge in [0, 0.05) is 30.7 Å². The molecule has 28 heavy (non-hydrogen) atoms. The molecule has 2 N–H and O–H groups in total. The second-order valence-electron chi connectivity index (χ2n) is 7.18. The molecule has 1 amide bonds. The van der Waals surface area contributed by atoms with Gasteiger partial charge in [0.15, 0.2) is 5.13 Å². The van der Waals surface area contributed by atoms with Crippen LogP contribution in [-0.2, 0) is 27.1 Å². The number of carbonyl (C=O) groups is 1. The number of benzene rings is 1. The number of nitrogens with zero attached hydrogens (tertiary/aromatic N) is 2. The van der Waals surface area contributed by atoms with Crippen molar-refractivity contribution in [3.63, 3.8) is 0 Å². The normalized spacial score (nSPS) is 17.2. The molecule has 0 radical (unpaired) electrons. The summed E-state index contributed by atoms with van der Waals surface area (Å²) in [5.74, 6) is -0.156. The molecule has 2 aromatic rings. The standard InChI is InChI=1S/C19H26N4O3S2/c1-14(2)22-28(25,26)13-16-7-4-3-6-15(16)12-21-18(24)17-8-5-10-23(17)19-20-9-11-27-19/h3-4,6-7,9,11,14,17,22H,5,8,10,12-13H2,1-2H3,(H,21,24). The van der Waals surface area contributed by atoms with E-state index < -0.39 is 10.0 Å². The van der Waals surface area contributed by atoms with Crippen molar-refractivity contribution in [1.82, 2.24) is 15.0 Å². The van der Waals surface area contributed by atoms with Gasteiger partial charge in [0.05, 0.1) is 5.75 Å². The van der Waals surface area contributed by atoms with Gasteiger partial charge in [-0.2, -0.15) is 0 Å². The van der Waals surface area contributed by atoms with Gasteiger partial charge in [0.2, 0.25) is 15.9 Å². The fraction of sp³-hybridized carbons (Fsp3) is 0.474. The van der Waals surface area contributed by atoms with Gasteiger partial charge in [-0.05, 0) is 37.8 Å². The van der Waals surface area contributed by atoms with E-state index in [0.717, 1.165) is 30.1 Å². The van der Waals surface area contributed by atoms with Gasteiger partial charge in [0.1, 0.15) is 6.04 Å². The van der Waals surface area contributed by atoms with E-state index in [1.165, 1.54) is 11.3 Å². The minimum absolute atomic E-state index is 0.0503. The van der Waals surface area contributed by atoms with Crippen molar-refractivity contribution in [2.45, 2.75) is 51.1 Å². The first kappa shape index (κ1) is 20.8. The number of thiazole rings is 1. The van der Waals surface area contributed by atoms with Crippen LogP contribution >= 0.6 is 11.3 Å². The number of hydrogen-bond donors (Lipinski definition) is 2. The van der Waals surface area contributed by atoms with E-state index in [2.05, 4.69) is 15.0 Å². The number of aromatic nitrogens is 1. The summed E-state index contributed by atoms with van der Waals surface area (Å²) in [6.07, 6.45) is 3.49. The molecule has 0 aliphatic carbocycles. The van der Waals surface area contributed by atoms with E-state index in [9.17, 15) is 13.2 Å². The zero-order valence-corrected chi connectivity index (χ0v) is 17.7. The van der Waals surface area contributed by atoms with Crippen molar-refractivity contribution in [2.24, 2.45) is 0 Å². The number of anilines is 1. The van der Waals surface area contributed by atoms with Gasteiger partial charge in [-0.1, -0.05) is 24.3 Å². The first-order valence-corrected chi connectivity index (χ1v) is 11.9. The summed E-state index contributed by atoms with van der Waals surface area (Å²) in [6.45, 7) is 4.70. The Kier molecular flexibility index (Phi) is 6.69. The van der Waals surface area contributed by atoms with Crippen molar-refractivity contribution >= 4 is 32.4 Å². The molecule has 1 unspecified atom stereocenters. The quantitative estimate of drug-likeness (QED) is 0.681. The average molecular weight is 423 g/mol. The van der Waals surface area contributed by atoms with Crippen LogP contribution in [0.3, 0.4) is 0 Å². The number of sulfonamides is 1. The van der Waals surface area contributed by atoms with Crippen LogP contribution in [0, 0.1) is 0 Å². The van der Waals surface area contributed by atoms with Gasteiger partial charge < -0.3 is 10.2 Å². The molecule has 9 heteroatoms. The maximum absolute atomic E-state index is 12.8. The van der Waals surface area contributed by atoms with Crippen LogP contribution in [-0.4, -0.2) is 37.9 Å². The van der Waals surface area contributed by atoms with Crippen LogP contribution < -0.4 is 14.9 Å². The molecule has 1 aliphatic heterocycles. The molecule has 3 rings (SSSR count). The molecule has 1 aromatic heterocycles. The zero-order chi connectivity index (χ0) is 20.1. The van der Waals surface area contributed by atoms with Crippen molar-refractivity contribution in [2.75, 3.05) is 11.4 Å². The molecule has 1 atom stereocenters. The lowest BCUT2D eigenvalue weighted by Gasteiger charge is -2.23. The highest BCUT2D eigenvalue weighted by atomic mass is 32.2. The molecule has 1 saturated heterocycles. The Morgan fingerprint density at radius 1 is 1.32 bits per heavy atom. The van der Waals surface area contributed by atoms with Gasteiger partial charge in [-0.25, -0.2) is 18.1 Å². The topological polar surface area (TPSA) is 91.4 Å². The lowest BCUT2D eigenvalue weighted by atomic mass is 10.1. The largest absolute Gasteiger partial charge is 0.350 e. The Hall–Kier alpha value is -1.97. The SMILES string of the molecule is CC(C)NS(=O)(=O)Cc1ccccc1CNC(=O)C1CCCN1c1nccs1. The van der Waals surface area contributed by atoms with Crippen LogP contribution in [0.5, 0.6) is 0 Å². The summed E-state index contributed by atoms with van der Waals surface area (Å²) in [5, 5.41) is 5.75. The molecular formula is C19H26N4O3S2. The first-order valence-electron chi connectivity index (χ1n) is 9.36. The van der Waals surface area contributed by atoms with E-state index in [-0.39, 0.29) is 23.7 Å². The Labute approximate surface area is 170 Å². The van der Waals surface area contributed by atoms with Crippen LogP contribution in [0.4, 0.5) is 5.13 Å². The van der Waals surface area contributed by atoms with Gasteiger partial charge >= 0.3 is 0 Å². The number of carbonyl (C=O) groups excluding carboxylic acids is 1. The van der Waals surface area contributed by atoms with E-state index >= 15 is 0 Å². The Morgan fingerprint density at radius 2 is 2.07 bits per heavy atom. The third-order valence-electron chi connectivity index (χ3n) is 4.55. The van der Waals surface area contributed by atoms with E-state index in [0.29, 0.717) is 12.1 Å². The molecule has 152 valence electrons. The van der Waals surface area contributed by atoms with Crippen molar-refractivity contribution in [3.05, 3.63) is 47.0 Å². The van der Waals surface area contributed by atoms with Crippen molar-refractivity contribution in [1.29, 1.82) is 0 Å². The van der Waals surface area contributed by atoms with Gasteiger partial charge in [0.25, 0.3) is 0 Å². The second-order valence-corrected chi connectivity index (χ2v) is 9.81. The Morgan fingerprint density at radius 3 is 2.75 bits per heavy atom. The minimum atomic E-state index is -3.43. The molecule has 1 aliphatic rings. The summed E-state index contributed by atoms with van der Waals surface area (Å²) in [6, 6.07) is 6.92. The average Bonchev–Trinajstić information content (AvgIpc) is 3.30. The molecule has 0 saturated carbocycles. The fourth-order valence-corrected chi connectivity index (χ4v) is 5.61. The van der Waals surface area contributed by atoms with E-state index in [1.54, 1.807) is 26.1 Å². The summed E-state index contributed by atoms with van der Waals surface area (Å²) < 4.78 is 27.1. The predicted molar refractivity (Wildman–Crippen MR) is 112 cm³/mol. The number of nitrogens with one attached hydrogen (secondary N) is 2. The van der Waals surface area contributed by atoms with Crippen LogP contribution in [0.15, 0.2) is 35.8 Å². The third-order valence-corrected chi connectivity index (χ3v) is 6.88. The van der Waals surface area contributed by atoms with Crippen LogP contribution in [0.2, 0.25) is 0 Å². The molecule has 0 bridgehead atoms. The summed E-state index contributed by atoms with van der Waals surface area (Å²) in [7, 11) is -3.43. The third kappa shape index (κ3) is 5.30. The zero-order valence-electron chi connectivity index (χ0n) is 16.1. The molecule has 2 heterocycles. The van der Waals surface area contributed by atoms with Crippen LogP contribution in [0.25, 0.3) is 0 Å². The maximum Gasteiger partial charge on any atom is 0.243 e. The minimum Gasteiger partial charge on any atom is -0.350 e. The highest BCUT2D eigenvalue weighted by molar-refractivity contribution is 7.88. The number of hydrogen-bond acceptors (Lipinski definition) is 6. The maximum atomic E-state index is 12.8. The lowest BCUT2D eigenvalue weighted by molar-refractivity contribution is -0.122. The van der Waals surface area contributed by atoms with E-state index in [4.69, 9.17) is 0 Å². The van der Waals surface area contributed by atoms with E-state index in [1.807, 2.05) is 28.5 Å². The first-order chi connectivity index (χ1) is 13.4. The molecule has 7 nitrogen and oxygen atoms in total. The number of amides is 1. The van der Waals surface area contributed by atoms with Crippen LogP contribution in [0.1, 0.15) is 37.8 Å². The second kappa shape index (κ2) is 9.02. The monoisotopic (exact) mass is 422 g/mol. The fourth-order valence-electron chi connectivity index (χ4n) is 3.40. The predicted octanol–water partition coefficient (Wildman–Crippen LogP) is 2.26. The molecule has 0 spiro atoms. The smallest absolute Gasteiger partial charge is 0.243 e. The Bertz CT molecular complexity index is 898. The highest BCUT2D eigenvalue weighted by Gasteiger charge is 2.32. The summed E-state index contributed by atoms with van der Waals surface area (Å²) in [4.78, 5) is 19.1. The highest BCUT2D eigenvalue weighted by Crippen LogP contribution is 2.27. The van der Waals surface area contributed by atoms with Gasteiger partial charge in [-0.3, -0.25) is 4.79 Å². The Balaban J connectivity index is 1.65. The van der Waals surface area contributed by atoms with Crippen molar-refractivity contribution < 1.29 is 13.2 Å². The number of rotatable bonds is 8. The van der Waals surface area contributed by atoms with Gasteiger partial charge in [-0.15, -0.1) is 11.3 Å². The van der Waals surface area contributed by atoms with Crippen molar-refractivity contribution in [3.8, 4) is 0 Å². The molecular weight excluding hydrogens is 396 g/mol.